The fourth-order valence-electron chi connectivity index (χ4n) is 5.83. The van der Waals surface area contributed by atoms with Crippen molar-refractivity contribution in [2.75, 3.05) is 49.9 Å². The summed E-state index contributed by atoms with van der Waals surface area (Å²) in [5, 5.41) is 2.55. The van der Waals surface area contributed by atoms with Crippen LogP contribution in [0.5, 0.6) is 0 Å². The average Bonchev–Trinajstić information content (AvgIpc) is 2.96. The highest BCUT2D eigenvalue weighted by atomic mass is 32.2. The van der Waals surface area contributed by atoms with Crippen LogP contribution in [-0.4, -0.2) is 99.2 Å². The van der Waals surface area contributed by atoms with Gasteiger partial charge in [0.15, 0.2) is 0 Å². The van der Waals surface area contributed by atoms with Crippen molar-refractivity contribution in [3.63, 3.8) is 0 Å². The van der Waals surface area contributed by atoms with Crippen LogP contribution in [0.2, 0.25) is 6.04 Å². The van der Waals surface area contributed by atoms with Gasteiger partial charge in [-0.1, -0.05) is 57.4 Å². The molecule has 1 saturated heterocycles. The number of para-hydroxylation sites is 1. The molecule has 2 fully saturated rings. The molecule has 1 saturated carbocycles. The minimum absolute atomic E-state index is 0.0130. The number of rotatable bonds is 14. The van der Waals surface area contributed by atoms with Crippen LogP contribution >= 0.6 is 0 Å². The van der Waals surface area contributed by atoms with Gasteiger partial charge in [-0.15, -0.1) is 6.58 Å². The molecule has 0 spiro atoms. The molecular formula is C29H48N4O7SSi. The molecule has 42 heavy (non-hydrogen) atoms. The third-order valence-electron chi connectivity index (χ3n) is 7.77. The van der Waals surface area contributed by atoms with Crippen molar-refractivity contribution in [1.29, 1.82) is 0 Å². The van der Waals surface area contributed by atoms with Gasteiger partial charge in [-0.25, -0.2) is 4.31 Å². The second-order valence-corrected chi connectivity index (χ2v) is 16.3. The summed E-state index contributed by atoms with van der Waals surface area (Å²) in [6.45, 7) is 9.51. The lowest BCUT2D eigenvalue weighted by atomic mass is 9.83. The van der Waals surface area contributed by atoms with Gasteiger partial charge >= 0.3 is 18.8 Å². The molecule has 1 aliphatic carbocycles. The van der Waals surface area contributed by atoms with Crippen LogP contribution in [0.4, 0.5) is 5.69 Å². The quantitative estimate of drug-likeness (QED) is 0.213. The van der Waals surface area contributed by atoms with Gasteiger partial charge in [0, 0.05) is 19.6 Å². The first-order chi connectivity index (χ1) is 19.9. The summed E-state index contributed by atoms with van der Waals surface area (Å²) in [6.07, 6.45) is 6.39. The number of nitrogens with one attached hydrogen (secondary N) is 1. The Morgan fingerprint density at radius 1 is 1.14 bits per heavy atom. The second-order valence-electron chi connectivity index (χ2n) is 11.7. The van der Waals surface area contributed by atoms with Gasteiger partial charge in [-0.3, -0.25) is 9.59 Å². The van der Waals surface area contributed by atoms with E-state index in [1.807, 2.05) is 26.0 Å². The SMILES string of the molecule is C=CCN(CC(=O)NC[Si](O)(O)CC(C)C)C(=O)[C@H](C)N(c1ccccc1C1CCCCC1)S(=O)(=O)N1CCOCC1. The number of hydrogen-bond donors (Lipinski definition) is 3. The molecule has 1 heterocycles. The van der Waals surface area contributed by atoms with E-state index >= 15 is 0 Å². The van der Waals surface area contributed by atoms with E-state index in [-0.39, 0.29) is 63.4 Å². The van der Waals surface area contributed by atoms with Crippen LogP contribution in [-0.2, 0) is 24.5 Å². The maximum atomic E-state index is 14.2. The van der Waals surface area contributed by atoms with Crippen molar-refractivity contribution in [2.45, 2.75) is 70.9 Å². The highest BCUT2D eigenvalue weighted by molar-refractivity contribution is 7.90. The molecule has 11 nitrogen and oxygen atoms in total. The predicted molar refractivity (Wildman–Crippen MR) is 165 cm³/mol. The topological polar surface area (TPSA) is 140 Å². The number of benzene rings is 1. The summed E-state index contributed by atoms with van der Waals surface area (Å²) in [4.78, 5) is 48.7. The predicted octanol–water partition coefficient (Wildman–Crippen LogP) is 2.26. The summed E-state index contributed by atoms with van der Waals surface area (Å²) in [7, 11) is -7.78. The third kappa shape index (κ3) is 9.10. The Labute approximate surface area is 252 Å². The van der Waals surface area contributed by atoms with Crippen molar-refractivity contribution < 1.29 is 32.3 Å². The summed E-state index contributed by atoms with van der Waals surface area (Å²) >= 11 is 0. The molecule has 1 aliphatic heterocycles. The van der Waals surface area contributed by atoms with Crippen LogP contribution in [0.3, 0.4) is 0 Å². The number of ether oxygens (including phenoxy) is 1. The minimum Gasteiger partial charge on any atom is -0.410 e. The molecule has 1 atom stereocenters. The molecule has 1 aromatic rings. The summed E-state index contributed by atoms with van der Waals surface area (Å²) < 4.78 is 36.5. The summed E-state index contributed by atoms with van der Waals surface area (Å²) in [5.74, 6) is -0.883. The highest BCUT2D eigenvalue weighted by Crippen LogP contribution is 2.39. The lowest BCUT2D eigenvalue weighted by molar-refractivity contribution is -0.136. The third-order valence-corrected chi connectivity index (χ3v) is 12.0. The highest BCUT2D eigenvalue weighted by Gasteiger charge is 2.40. The van der Waals surface area contributed by atoms with Crippen LogP contribution in [0, 0.1) is 5.92 Å². The van der Waals surface area contributed by atoms with E-state index in [1.165, 1.54) is 19.6 Å². The lowest BCUT2D eigenvalue weighted by Gasteiger charge is -2.39. The second kappa shape index (κ2) is 15.4. The van der Waals surface area contributed by atoms with E-state index in [0.717, 1.165) is 37.7 Å². The van der Waals surface area contributed by atoms with Gasteiger partial charge in [0.25, 0.3) is 0 Å². The first kappa shape index (κ1) is 34.2. The normalized spacial score (nSPS) is 18.0. The molecular weight excluding hydrogens is 576 g/mol. The molecule has 0 aromatic heterocycles. The van der Waals surface area contributed by atoms with Crippen LogP contribution < -0.4 is 9.62 Å². The zero-order valence-electron chi connectivity index (χ0n) is 25.2. The Balaban J connectivity index is 1.92. The van der Waals surface area contributed by atoms with E-state index in [2.05, 4.69) is 11.9 Å². The van der Waals surface area contributed by atoms with Gasteiger partial charge in [-0.2, -0.15) is 12.7 Å². The van der Waals surface area contributed by atoms with Gasteiger partial charge < -0.3 is 24.5 Å². The lowest BCUT2D eigenvalue weighted by Crippen LogP contribution is -2.57. The monoisotopic (exact) mass is 624 g/mol. The number of anilines is 1. The van der Waals surface area contributed by atoms with E-state index in [1.54, 1.807) is 19.1 Å². The standard InChI is InChI=1S/C29H48N4O7SSi/c1-5-15-31(20-28(34)30-22-42(38,39)21-23(2)3)29(35)24(4)33(41(36,37)32-16-18-40-19-17-32)27-14-10-9-13-26(27)25-11-7-6-8-12-25/h5,9-10,13-14,23-25,38-39H,1,6-8,11-12,15-22H2,2-4H3,(H,30,34)/t24-/m0/s1. The molecule has 0 radical (unpaired) electrons. The molecule has 13 heteroatoms. The molecule has 2 amide bonds. The van der Waals surface area contributed by atoms with Crippen molar-refractivity contribution in [3.8, 4) is 0 Å². The molecule has 3 rings (SSSR count). The molecule has 0 bridgehead atoms. The van der Waals surface area contributed by atoms with Gasteiger partial charge in [0.1, 0.15) is 6.04 Å². The van der Waals surface area contributed by atoms with Crippen LogP contribution in [0.25, 0.3) is 0 Å². The zero-order chi connectivity index (χ0) is 30.9. The Hall–Kier alpha value is -2.29. The number of nitrogens with zero attached hydrogens (tertiary/aromatic N) is 3. The van der Waals surface area contributed by atoms with Crippen molar-refractivity contribution in [3.05, 3.63) is 42.5 Å². The number of hydrogen-bond acceptors (Lipinski definition) is 7. The molecule has 1 aromatic carbocycles. The summed E-state index contributed by atoms with van der Waals surface area (Å²) in [5.41, 5.74) is 1.38. The maximum Gasteiger partial charge on any atom is 0.352 e. The van der Waals surface area contributed by atoms with E-state index in [9.17, 15) is 27.6 Å². The Bertz CT molecular complexity index is 1170. The molecule has 3 N–H and O–H groups in total. The fraction of sp³-hybridized carbons (Fsp3) is 0.655. The maximum absolute atomic E-state index is 14.2. The van der Waals surface area contributed by atoms with Crippen molar-refractivity contribution >= 4 is 36.3 Å². The number of amides is 2. The first-order valence-corrected chi connectivity index (χ1v) is 18.6. The molecule has 0 unspecified atom stereocenters. The van der Waals surface area contributed by atoms with Gasteiger partial charge in [0.2, 0.25) is 11.8 Å². The molecule has 2 aliphatic rings. The first-order valence-electron chi connectivity index (χ1n) is 14.9. The van der Waals surface area contributed by atoms with E-state index < -0.39 is 36.6 Å². The Kier molecular flexibility index (Phi) is 12.6. The largest absolute Gasteiger partial charge is 0.410 e. The number of morpholine rings is 1. The van der Waals surface area contributed by atoms with Gasteiger partial charge in [0.05, 0.1) is 31.6 Å². The van der Waals surface area contributed by atoms with Crippen molar-refractivity contribution in [1.82, 2.24) is 14.5 Å². The zero-order valence-corrected chi connectivity index (χ0v) is 27.0. The molecule has 236 valence electrons. The average molecular weight is 625 g/mol. The Morgan fingerprint density at radius 2 is 1.79 bits per heavy atom. The van der Waals surface area contributed by atoms with E-state index in [4.69, 9.17) is 4.74 Å². The van der Waals surface area contributed by atoms with Crippen molar-refractivity contribution in [2.24, 2.45) is 5.92 Å². The Morgan fingerprint density at radius 3 is 2.40 bits per heavy atom. The van der Waals surface area contributed by atoms with Gasteiger partial charge in [-0.05, 0) is 49.3 Å². The fourth-order valence-corrected chi connectivity index (χ4v) is 9.53. The minimum atomic E-state index is -4.15. The number of carbonyl (C=O) groups is 2. The smallest absolute Gasteiger partial charge is 0.352 e. The summed E-state index contributed by atoms with van der Waals surface area (Å²) in [6, 6.07) is 6.44. The number of carbonyl (C=O) groups excluding carboxylic acids is 2. The van der Waals surface area contributed by atoms with E-state index in [0.29, 0.717) is 5.69 Å². The van der Waals surface area contributed by atoms with Crippen LogP contribution in [0.1, 0.15) is 64.4 Å². The van der Waals surface area contributed by atoms with Crippen LogP contribution in [0.15, 0.2) is 36.9 Å².